The maximum absolute atomic E-state index is 11.7. The highest BCUT2D eigenvalue weighted by molar-refractivity contribution is 9.10. The Labute approximate surface area is 96.2 Å². The van der Waals surface area contributed by atoms with E-state index in [2.05, 4.69) is 15.9 Å². The lowest BCUT2D eigenvalue weighted by atomic mass is 10.1. The predicted molar refractivity (Wildman–Crippen MR) is 57.8 cm³/mol. The van der Waals surface area contributed by atoms with Crippen LogP contribution in [0.2, 0.25) is 0 Å². The van der Waals surface area contributed by atoms with Crippen molar-refractivity contribution in [2.24, 2.45) is 0 Å². The number of carbonyl (C=O) groups excluding carboxylic acids is 2. The van der Waals surface area contributed by atoms with E-state index in [4.69, 9.17) is 0 Å². The second-order valence-corrected chi connectivity index (χ2v) is 4.38. The van der Waals surface area contributed by atoms with Crippen LogP contribution in [0.5, 0.6) is 0 Å². The van der Waals surface area contributed by atoms with Gasteiger partial charge in [0.25, 0.3) is 0 Å². The molecule has 3 nitrogen and oxygen atoms in total. The fraction of sp³-hybridized carbons (Fsp3) is 0.273. The second kappa shape index (κ2) is 5.07. The van der Waals surface area contributed by atoms with E-state index >= 15 is 0 Å². The fourth-order valence-corrected chi connectivity index (χ4v) is 1.67. The number of carboxylic acids is 1. The molecule has 1 aromatic rings. The maximum Gasteiger partial charge on any atom is 0.176 e. The van der Waals surface area contributed by atoms with E-state index in [0.29, 0.717) is 5.56 Å². The normalized spacial score (nSPS) is 12.1. The molecule has 0 radical (unpaired) electrons. The summed E-state index contributed by atoms with van der Waals surface area (Å²) in [5.41, 5.74) is 1.56. The summed E-state index contributed by atoms with van der Waals surface area (Å²) >= 11 is 3.03. The van der Waals surface area contributed by atoms with Crippen molar-refractivity contribution in [1.29, 1.82) is 0 Å². The van der Waals surface area contributed by atoms with Crippen molar-refractivity contribution in [2.45, 2.75) is 18.2 Å². The van der Waals surface area contributed by atoms with Gasteiger partial charge in [0, 0.05) is 18.0 Å². The standard InChI is InChI=1S/C11H11BrO3/c1-7-2-4-8(5-3-7)11(15)9(12)6-10(13)14/h2-5,9H,6H2,1H3,(H,13,14)/p-1/t9-/m0/s1. The highest BCUT2D eigenvalue weighted by Crippen LogP contribution is 2.13. The lowest BCUT2D eigenvalue weighted by Gasteiger charge is -2.09. The van der Waals surface area contributed by atoms with Gasteiger partial charge in [-0.15, -0.1) is 0 Å². The van der Waals surface area contributed by atoms with Crippen molar-refractivity contribution in [2.75, 3.05) is 0 Å². The van der Waals surface area contributed by atoms with Crippen LogP contribution < -0.4 is 5.11 Å². The smallest absolute Gasteiger partial charge is 0.176 e. The van der Waals surface area contributed by atoms with E-state index in [1.165, 1.54) is 0 Å². The summed E-state index contributed by atoms with van der Waals surface area (Å²) in [6.07, 6.45) is -0.313. The Morgan fingerprint density at radius 2 is 1.87 bits per heavy atom. The van der Waals surface area contributed by atoms with Gasteiger partial charge in [0.05, 0.1) is 4.83 Å². The van der Waals surface area contributed by atoms with Crippen LogP contribution in [-0.4, -0.2) is 16.6 Å². The Kier molecular flexibility index (Phi) is 4.03. The summed E-state index contributed by atoms with van der Waals surface area (Å²) in [7, 11) is 0. The first kappa shape index (κ1) is 11.9. The van der Waals surface area contributed by atoms with Crippen LogP contribution in [0.4, 0.5) is 0 Å². The van der Waals surface area contributed by atoms with E-state index in [0.717, 1.165) is 5.56 Å². The number of Topliss-reactive ketones (excluding diaryl/α,β-unsaturated/α-hetero) is 1. The molecule has 0 N–H and O–H groups in total. The topological polar surface area (TPSA) is 57.2 Å². The molecule has 0 bridgehead atoms. The number of carboxylic acid groups (broad SMARTS) is 1. The van der Waals surface area contributed by atoms with E-state index in [9.17, 15) is 14.7 Å². The first-order valence-electron chi connectivity index (χ1n) is 4.45. The quantitative estimate of drug-likeness (QED) is 0.607. The third-order valence-corrected chi connectivity index (χ3v) is 2.71. The molecule has 0 saturated heterocycles. The summed E-state index contributed by atoms with van der Waals surface area (Å²) in [5, 5.41) is 10.3. The molecule has 1 atom stereocenters. The molecule has 15 heavy (non-hydrogen) atoms. The van der Waals surface area contributed by atoms with Crippen LogP contribution in [0.1, 0.15) is 22.3 Å². The van der Waals surface area contributed by atoms with Crippen molar-refractivity contribution >= 4 is 27.7 Å². The van der Waals surface area contributed by atoms with Gasteiger partial charge < -0.3 is 9.90 Å². The Balaban J connectivity index is 2.76. The van der Waals surface area contributed by atoms with Crippen LogP contribution in [0.25, 0.3) is 0 Å². The van der Waals surface area contributed by atoms with Gasteiger partial charge >= 0.3 is 0 Å². The number of halogens is 1. The number of aryl methyl sites for hydroxylation is 1. The highest BCUT2D eigenvalue weighted by atomic mass is 79.9. The van der Waals surface area contributed by atoms with Gasteiger partial charge in [-0.3, -0.25) is 4.79 Å². The van der Waals surface area contributed by atoms with Gasteiger partial charge in [0.2, 0.25) is 0 Å². The van der Waals surface area contributed by atoms with E-state index in [-0.39, 0.29) is 12.2 Å². The van der Waals surface area contributed by atoms with Crippen molar-refractivity contribution in [3.8, 4) is 0 Å². The number of rotatable bonds is 4. The Morgan fingerprint density at radius 3 is 2.33 bits per heavy atom. The molecule has 0 aliphatic carbocycles. The first-order chi connectivity index (χ1) is 7.00. The summed E-state index contributed by atoms with van der Waals surface area (Å²) in [5.74, 6) is -1.48. The SMILES string of the molecule is Cc1ccc(C(=O)[C@@H](Br)CC(=O)[O-])cc1. The Morgan fingerprint density at radius 1 is 1.33 bits per heavy atom. The number of benzene rings is 1. The maximum atomic E-state index is 11.7. The average molecular weight is 270 g/mol. The van der Waals surface area contributed by atoms with E-state index in [1.807, 2.05) is 19.1 Å². The number of alkyl halides is 1. The van der Waals surface area contributed by atoms with Crippen molar-refractivity contribution in [1.82, 2.24) is 0 Å². The van der Waals surface area contributed by atoms with Crippen molar-refractivity contribution in [3.63, 3.8) is 0 Å². The molecule has 0 aliphatic heterocycles. The lowest BCUT2D eigenvalue weighted by molar-refractivity contribution is -0.305. The molecule has 0 saturated carbocycles. The van der Waals surface area contributed by atoms with Gasteiger partial charge in [0.1, 0.15) is 0 Å². The van der Waals surface area contributed by atoms with Gasteiger partial charge in [-0.25, -0.2) is 0 Å². The van der Waals surface area contributed by atoms with Gasteiger partial charge in [-0.1, -0.05) is 45.8 Å². The second-order valence-electron chi connectivity index (χ2n) is 3.27. The molecule has 80 valence electrons. The zero-order valence-corrected chi connectivity index (χ0v) is 9.78. The molecule has 0 aromatic heterocycles. The molecule has 0 heterocycles. The molecule has 1 aromatic carbocycles. The molecule has 0 aliphatic rings. The molecule has 4 heteroatoms. The number of ketones is 1. The van der Waals surface area contributed by atoms with Gasteiger partial charge in [-0.05, 0) is 6.92 Å². The number of hydrogen-bond donors (Lipinski definition) is 0. The lowest BCUT2D eigenvalue weighted by Crippen LogP contribution is -2.28. The summed E-state index contributed by atoms with van der Waals surface area (Å²) in [6, 6.07) is 6.99. The number of hydrogen-bond acceptors (Lipinski definition) is 3. The minimum Gasteiger partial charge on any atom is -0.550 e. The Bertz CT molecular complexity index is 370. The van der Waals surface area contributed by atoms with Gasteiger partial charge in [0.15, 0.2) is 5.78 Å². The van der Waals surface area contributed by atoms with E-state index < -0.39 is 10.8 Å². The first-order valence-corrected chi connectivity index (χ1v) is 5.37. The number of carbonyl (C=O) groups is 2. The van der Waals surface area contributed by atoms with Crippen LogP contribution in [0.15, 0.2) is 24.3 Å². The third-order valence-electron chi connectivity index (χ3n) is 1.97. The molecular formula is C11H10BrO3-. The highest BCUT2D eigenvalue weighted by Gasteiger charge is 2.16. The third kappa shape index (κ3) is 3.47. The zero-order chi connectivity index (χ0) is 11.4. The molecular weight excluding hydrogens is 260 g/mol. The van der Waals surface area contributed by atoms with Crippen molar-refractivity contribution < 1.29 is 14.7 Å². The van der Waals surface area contributed by atoms with Crippen LogP contribution >= 0.6 is 15.9 Å². The summed E-state index contributed by atoms with van der Waals surface area (Å²) in [4.78, 5) is 21.2. The average Bonchev–Trinajstić information content (AvgIpc) is 2.17. The molecule has 0 amide bonds. The van der Waals surface area contributed by atoms with Crippen LogP contribution in [-0.2, 0) is 4.79 Å². The monoisotopic (exact) mass is 269 g/mol. The van der Waals surface area contributed by atoms with Crippen LogP contribution in [0.3, 0.4) is 0 Å². The van der Waals surface area contributed by atoms with E-state index in [1.54, 1.807) is 12.1 Å². The predicted octanol–water partition coefficient (Wildman–Crippen LogP) is 1.08. The number of aliphatic carboxylic acids is 1. The summed E-state index contributed by atoms with van der Waals surface area (Å²) in [6.45, 7) is 1.92. The largest absolute Gasteiger partial charge is 0.550 e. The molecule has 0 fully saturated rings. The minimum atomic E-state index is -1.24. The summed E-state index contributed by atoms with van der Waals surface area (Å²) < 4.78 is 0. The van der Waals surface area contributed by atoms with Crippen molar-refractivity contribution in [3.05, 3.63) is 35.4 Å². The zero-order valence-electron chi connectivity index (χ0n) is 8.20. The fourth-order valence-electron chi connectivity index (χ4n) is 1.14. The molecule has 1 rings (SSSR count). The molecule has 0 unspecified atom stereocenters. The Hall–Kier alpha value is -1.16. The van der Waals surface area contributed by atoms with Crippen LogP contribution in [0, 0.1) is 6.92 Å². The molecule has 0 spiro atoms. The minimum absolute atomic E-state index is 0.237. The van der Waals surface area contributed by atoms with Gasteiger partial charge in [-0.2, -0.15) is 0 Å².